The van der Waals surface area contributed by atoms with Crippen molar-refractivity contribution in [2.45, 2.75) is 6.04 Å². The summed E-state index contributed by atoms with van der Waals surface area (Å²) < 4.78 is 13.1. The molecule has 0 aliphatic carbocycles. The molecular formula is C11H13FN2O2S. The van der Waals surface area contributed by atoms with Crippen molar-refractivity contribution >= 4 is 23.4 Å². The van der Waals surface area contributed by atoms with Crippen LogP contribution in [-0.4, -0.2) is 35.1 Å². The fraction of sp³-hybridized carbons (Fsp3) is 0.364. The molecule has 1 saturated heterocycles. The number of amides is 1. The van der Waals surface area contributed by atoms with E-state index >= 15 is 0 Å². The van der Waals surface area contributed by atoms with E-state index in [1.54, 1.807) is 11.8 Å². The van der Waals surface area contributed by atoms with Gasteiger partial charge in [0.1, 0.15) is 0 Å². The Balaban J connectivity index is 1.99. The Labute approximate surface area is 103 Å². The summed E-state index contributed by atoms with van der Waals surface area (Å²) in [5, 5.41) is 14.7. The highest BCUT2D eigenvalue weighted by Crippen LogP contribution is 2.19. The average molecular weight is 256 g/mol. The third kappa shape index (κ3) is 3.10. The van der Waals surface area contributed by atoms with Gasteiger partial charge in [-0.25, -0.2) is 4.39 Å². The Hall–Kier alpha value is -1.27. The van der Waals surface area contributed by atoms with Crippen molar-refractivity contribution < 1.29 is 14.3 Å². The number of benzene rings is 1. The van der Waals surface area contributed by atoms with E-state index < -0.39 is 11.6 Å². The molecule has 1 aliphatic heterocycles. The maximum Gasteiger partial charge on any atom is 0.242 e. The number of phenols is 1. The van der Waals surface area contributed by atoms with Gasteiger partial charge in [-0.2, -0.15) is 11.8 Å². The molecule has 1 fully saturated rings. The summed E-state index contributed by atoms with van der Waals surface area (Å²) in [5.74, 6) is 0.370. The second kappa shape index (κ2) is 5.37. The Bertz CT molecular complexity index is 422. The van der Waals surface area contributed by atoms with Gasteiger partial charge in [0.25, 0.3) is 0 Å². The van der Waals surface area contributed by atoms with Crippen molar-refractivity contribution in [3.8, 4) is 5.75 Å². The average Bonchev–Trinajstić information content (AvgIpc) is 2.35. The molecule has 17 heavy (non-hydrogen) atoms. The maximum atomic E-state index is 13.1. The highest BCUT2D eigenvalue weighted by Gasteiger charge is 2.20. The zero-order valence-electron chi connectivity index (χ0n) is 9.07. The van der Waals surface area contributed by atoms with Gasteiger partial charge in [0.2, 0.25) is 5.91 Å². The predicted molar refractivity (Wildman–Crippen MR) is 65.8 cm³/mol. The van der Waals surface area contributed by atoms with Crippen LogP contribution in [0.3, 0.4) is 0 Å². The van der Waals surface area contributed by atoms with E-state index in [2.05, 4.69) is 10.6 Å². The standard InChI is InChI=1S/C11H13FN2O2S/c12-8-5-7(1-2-10(8)15)14-11(16)9-6-17-4-3-13-9/h1-2,5,9,13,15H,3-4,6H2,(H,14,16). The van der Waals surface area contributed by atoms with Crippen LogP contribution >= 0.6 is 11.8 Å². The van der Waals surface area contributed by atoms with Crippen LogP contribution in [0.5, 0.6) is 5.75 Å². The number of thioether (sulfide) groups is 1. The van der Waals surface area contributed by atoms with Crippen molar-refractivity contribution in [2.75, 3.05) is 23.4 Å². The first-order chi connectivity index (χ1) is 8.16. The Morgan fingerprint density at radius 3 is 3.06 bits per heavy atom. The van der Waals surface area contributed by atoms with Crippen molar-refractivity contribution in [1.82, 2.24) is 5.32 Å². The summed E-state index contributed by atoms with van der Waals surface area (Å²) in [5.41, 5.74) is 0.350. The Kier molecular flexibility index (Phi) is 3.86. The summed E-state index contributed by atoms with van der Waals surface area (Å²) in [6.07, 6.45) is 0. The lowest BCUT2D eigenvalue weighted by molar-refractivity contribution is -0.117. The van der Waals surface area contributed by atoms with Gasteiger partial charge in [-0.1, -0.05) is 0 Å². The summed E-state index contributed by atoms with van der Waals surface area (Å²) in [6.45, 7) is 0.798. The molecule has 1 aromatic rings. The normalized spacial score (nSPS) is 19.9. The van der Waals surface area contributed by atoms with Crippen LogP contribution in [0.1, 0.15) is 0 Å². The van der Waals surface area contributed by atoms with Gasteiger partial charge < -0.3 is 15.7 Å². The smallest absolute Gasteiger partial charge is 0.242 e. The van der Waals surface area contributed by atoms with Gasteiger partial charge in [0.05, 0.1) is 6.04 Å². The minimum absolute atomic E-state index is 0.178. The quantitative estimate of drug-likeness (QED) is 0.695. The number of rotatable bonds is 2. The molecule has 1 unspecified atom stereocenters. The number of hydrogen-bond acceptors (Lipinski definition) is 4. The molecule has 1 heterocycles. The van der Waals surface area contributed by atoms with Gasteiger partial charge in [0, 0.05) is 29.8 Å². The molecule has 1 atom stereocenters. The third-order valence-corrected chi connectivity index (χ3v) is 3.52. The fourth-order valence-corrected chi connectivity index (χ4v) is 2.48. The maximum absolute atomic E-state index is 13.1. The molecule has 0 radical (unpaired) electrons. The molecule has 3 N–H and O–H groups in total. The zero-order chi connectivity index (χ0) is 12.3. The number of halogens is 1. The lowest BCUT2D eigenvalue weighted by Gasteiger charge is -2.22. The van der Waals surface area contributed by atoms with Gasteiger partial charge in [-0.15, -0.1) is 0 Å². The first-order valence-electron chi connectivity index (χ1n) is 5.27. The van der Waals surface area contributed by atoms with Crippen molar-refractivity contribution in [3.05, 3.63) is 24.0 Å². The lowest BCUT2D eigenvalue weighted by atomic mass is 10.2. The van der Waals surface area contributed by atoms with E-state index in [4.69, 9.17) is 5.11 Å². The molecule has 0 spiro atoms. The SMILES string of the molecule is O=C(Nc1ccc(O)c(F)c1)C1CSCCN1. The first-order valence-corrected chi connectivity index (χ1v) is 6.43. The van der Waals surface area contributed by atoms with Gasteiger partial charge in [-0.05, 0) is 12.1 Å². The third-order valence-electron chi connectivity index (χ3n) is 2.45. The Morgan fingerprint density at radius 1 is 1.59 bits per heavy atom. The van der Waals surface area contributed by atoms with Gasteiger partial charge >= 0.3 is 0 Å². The van der Waals surface area contributed by atoms with Crippen LogP contribution in [0.15, 0.2) is 18.2 Å². The number of carbonyl (C=O) groups is 1. The number of anilines is 1. The van der Waals surface area contributed by atoms with Crippen molar-refractivity contribution in [1.29, 1.82) is 0 Å². The van der Waals surface area contributed by atoms with Crippen LogP contribution in [0.4, 0.5) is 10.1 Å². The van der Waals surface area contributed by atoms with Gasteiger partial charge in [0.15, 0.2) is 11.6 Å². The van der Waals surface area contributed by atoms with Crippen LogP contribution in [0.25, 0.3) is 0 Å². The van der Waals surface area contributed by atoms with E-state index in [0.717, 1.165) is 18.4 Å². The molecule has 1 amide bonds. The van der Waals surface area contributed by atoms with Gasteiger partial charge in [-0.3, -0.25) is 4.79 Å². The molecule has 6 heteroatoms. The highest BCUT2D eigenvalue weighted by atomic mass is 32.2. The molecular weight excluding hydrogens is 243 g/mol. The van der Waals surface area contributed by atoms with E-state index in [9.17, 15) is 9.18 Å². The minimum Gasteiger partial charge on any atom is -0.505 e. The number of aromatic hydroxyl groups is 1. The predicted octanol–water partition coefficient (Wildman–Crippen LogP) is 1.17. The first kappa shape index (κ1) is 12.2. The number of phenolic OH excluding ortho intramolecular Hbond substituents is 1. The monoisotopic (exact) mass is 256 g/mol. The molecule has 4 nitrogen and oxygen atoms in total. The molecule has 1 aromatic carbocycles. The second-order valence-corrected chi connectivity index (χ2v) is 4.89. The fourth-order valence-electron chi connectivity index (χ4n) is 1.55. The zero-order valence-corrected chi connectivity index (χ0v) is 9.89. The van der Waals surface area contributed by atoms with Crippen LogP contribution in [-0.2, 0) is 4.79 Å². The van der Waals surface area contributed by atoms with Crippen LogP contribution in [0.2, 0.25) is 0 Å². The number of carbonyl (C=O) groups excluding carboxylic acids is 1. The largest absolute Gasteiger partial charge is 0.505 e. The second-order valence-electron chi connectivity index (χ2n) is 3.74. The molecule has 1 aliphatic rings. The van der Waals surface area contributed by atoms with E-state index in [1.807, 2.05) is 0 Å². The molecule has 0 saturated carbocycles. The summed E-state index contributed by atoms with van der Waals surface area (Å²) in [4.78, 5) is 11.8. The molecule has 0 bridgehead atoms. The molecule has 0 aromatic heterocycles. The van der Waals surface area contributed by atoms with E-state index in [1.165, 1.54) is 12.1 Å². The highest BCUT2D eigenvalue weighted by molar-refractivity contribution is 7.99. The van der Waals surface area contributed by atoms with Crippen molar-refractivity contribution in [2.24, 2.45) is 0 Å². The summed E-state index contributed by atoms with van der Waals surface area (Å²) in [7, 11) is 0. The van der Waals surface area contributed by atoms with Crippen molar-refractivity contribution in [3.63, 3.8) is 0 Å². The molecule has 92 valence electrons. The van der Waals surface area contributed by atoms with Crippen LogP contribution in [0, 0.1) is 5.82 Å². The van der Waals surface area contributed by atoms with E-state index in [-0.39, 0.29) is 11.9 Å². The molecule has 2 rings (SSSR count). The van der Waals surface area contributed by atoms with Crippen LogP contribution < -0.4 is 10.6 Å². The topological polar surface area (TPSA) is 61.4 Å². The Morgan fingerprint density at radius 2 is 2.41 bits per heavy atom. The minimum atomic E-state index is -0.742. The summed E-state index contributed by atoms with van der Waals surface area (Å²) >= 11 is 1.71. The summed E-state index contributed by atoms with van der Waals surface area (Å²) in [6, 6.07) is 3.54. The lowest BCUT2D eigenvalue weighted by Crippen LogP contribution is -2.46. The number of hydrogen-bond donors (Lipinski definition) is 3. The van der Waals surface area contributed by atoms with E-state index in [0.29, 0.717) is 11.4 Å². The number of nitrogens with one attached hydrogen (secondary N) is 2.